The Morgan fingerprint density at radius 2 is 2.09 bits per heavy atom. The molecule has 4 aromatic heterocycles. The average molecular weight is 490 g/mol. The molecule has 1 aliphatic rings. The standard InChI is InChI=1S/C26H27N5O3S/c1-2-34-26(33)18-7-5-13-31(16-18)24-20(10-11-21(29-24)22-8-6-14-35-22)25(32)27-15-19-17-30-12-4-3-9-23(30)28-19/h3-4,6,8-12,14,17-18H,2,5,7,13,15-16H2,1H3,(H,27,32)/t18-/m1/s1. The van der Waals surface area contributed by atoms with Crippen molar-refractivity contribution in [2.45, 2.75) is 26.3 Å². The molecule has 1 aliphatic heterocycles. The second-order valence-corrected chi connectivity index (χ2v) is 9.41. The lowest BCUT2D eigenvalue weighted by atomic mass is 9.97. The van der Waals surface area contributed by atoms with Crippen LogP contribution in [0.3, 0.4) is 0 Å². The zero-order chi connectivity index (χ0) is 24.2. The molecule has 35 heavy (non-hydrogen) atoms. The van der Waals surface area contributed by atoms with Gasteiger partial charge in [-0.25, -0.2) is 9.97 Å². The number of nitrogens with one attached hydrogen (secondary N) is 1. The first-order valence-corrected chi connectivity index (χ1v) is 12.7. The summed E-state index contributed by atoms with van der Waals surface area (Å²) < 4.78 is 7.19. The van der Waals surface area contributed by atoms with Gasteiger partial charge in [0.1, 0.15) is 11.5 Å². The second kappa shape index (κ2) is 10.3. The van der Waals surface area contributed by atoms with E-state index in [0.717, 1.165) is 41.3 Å². The lowest BCUT2D eigenvalue weighted by Crippen LogP contribution is -2.41. The van der Waals surface area contributed by atoms with Crippen molar-refractivity contribution in [2.75, 3.05) is 24.6 Å². The summed E-state index contributed by atoms with van der Waals surface area (Å²) in [6, 6.07) is 13.5. The molecular weight excluding hydrogens is 462 g/mol. The number of hydrogen-bond acceptors (Lipinski definition) is 7. The fourth-order valence-electron chi connectivity index (χ4n) is 4.39. The molecule has 0 aromatic carbocycles. The van der Waals surface area contributed by atoms with E-state index in [2.05, 4.69) is 10.3 Å². The Labute approximate surface area is 207 Å². The summed E-state index contributed by atoms with van der Waals surface area (Å²) in [6.07, 6.45) is 5.44. The van der Waals surface area contributed by atoms with Gasteiger partial charge in [0, 0.05) is 25.5 Å². The van der Waals surface area contributed by atoms with Crippen molar-refractivity contribution >= 4 is 34.7 Å². The number of carbonyl (C=O) groups is 2. The number of aromatic nitrogens is 3. The number of anilines is 1. The molecule has 180 valence electrons. The van der Waals surface area contributed by atoms with Gasteiger partial charge in [-0.05, 0) is 55.5 Å². The highest BCUT2D eigenvalue weighted by Gasteiger charge is 2.30. The van der Waals surface area contributed by atoms with Crippen LogP contribution in [0.5, 0.6) is 0 Å². The third kappa shape index (κ3) is 5.05. The molecule has 4 aromatic rings. The summed E-state index contributed by atoms with van der Waals surface area (Å²) in [4.78, 5) is 38.3. The van der Waals surface area contributed by atoms with Crippen molar-refractivity contribution in [3.05, 3.63) is 71.5 Å². The molecule has 0 aliphatic carbocycles. The van der Waals surface area contributed by atoms with Gasteiger partial charge >= 0.3 is 5.97 Å². The summed E-state index contributed by atoms with van der Waals surface area (Å²) in [5.41, 5.74) is 2.90. The number of rotatable bonds is 7. The highest BCUT2D eigenvalue weighted by Crippen LogP contribution is 2.30. The molecule has 8 nitrogen and oxygen atoms in total. The molecule has 0 radical (unpaired) electrons. The van der Waals surface area contributed by atoms with Gasteiger partial charge in [0.05, 0.1) is 40.9 Å². The lowest BCUT2D eigenvalue weighted by Gasteiger charge is -2.33. The summed E-state index contributed by atoms with van der Waals surface area (Å²) in [6.45, 7) is 3.68. The third-order valence-electron chi connectivity index (χ3n) is 6.08. The van der Waals surface area contributed by atoms with Crippen molar-refractivity contribution in [1.29, 1.82) is 0 Å². The van der Waals surface area contributed by atoms with Gasteiger partial charge in [-0.15, -0.1) is 11.3 Å². The van der Waals surface area contributed by atoms with E-state index < -0.39 is 0 Å². The van der Waals surface area contributed by atoms with Crippen molar-refractivity contribution in [2.24, 2.45) is 5.92 Å². The smallest absolute Gasteiger partial charge is 0.310 e. The Morgan fingerprint density at radius 3 is 2.89 bits per heavy atom. The Kier molecular flexibility index (Phi) is 6.76. The van der Waals surface area contributed by atoms with Crippen LogP contribution in [0.4, 0.5) is 5.82 Å². The Hall–Kier alpha value is -3.72. The maximum absolute atomic E-state index is 13.3. The van der Waals surface area contributed by atoms with E-state index in [-0.39, 0.29) is 17.8 Å². The van der Waals surface area contributed by atoms with Crippen LogP contribution in [0.1, 0.15) is 35.8 Å². The van der Waals surface area contributed by atoms with Gasteiger partial charge < -0.3 is 19.4 Å². The number of pyridine rings is 2. The van der Waals surface area contributed by atoms with Gasteiger partial charge in [-0.1, -0.05) is 12.1 Å². The number of ether oxygens (including phenoxy) is 1. The molecule has 1 saturated heterocycles. The molecule has 5 rings (SSSR count). The number of amides is 1. The Morgan fingerprint density at radius 1 is 1.17 bits per heavy atom. The van der Waals surface area contributed by atoms with Crippen LogP contribution in [0, 0.1) is 5.92 Å². The van der Waals surface area contributed by atoms with E-state index >= 15 is 0 Å². The number of carbonyl (C=O) groups excluding carboxylic acids is 2. The number of hydrogen-bond donors (Lipinski definition) is 1. The molecule has 0 spiro atoms. The summed E-state index contributed by atoms with van der Waals surface area (Å²) in [5.74, 6) is -0.0489. The van der Waals surface area contributed by atoms with Crippen LogP contribution < -0.4 is 10.2 Å². The van der Waals surface area contributed by atoms with Crippen LogP contribution in [-0.4, -0.2) is 45.9 Å². The summed E-state index contributed by atoms with van der Waals surface area (Å²) in [5, 5.41) is 5.00. The van der Waals surface area contributed by atoms with Gasteiger partial charge in [-0.3, -0.25) is 9.59 Å². The summed E-state index contributed by atoms with van der Waals surface area (Å²) >= 11 is 1.60. The number of esters is 1. The molecule has 1 atom stereocenters. The van der Waals surface area contributed by atoms with E-state index in [9.17, 15) is 9.59 Å². The van der Waals surface area contributed by atoms with Crippen LogP contribution in [0.15, 0.2) is 60.2 Å². The van der Waals surface area contributed by atoms with E-state index in [4.69, 9.17) is 9.72 Å². The summed E-state index contributed by atoms with van der Waals surface area (Å²) in [7, 11) is 0. The van der Waals surface area contributed by atoms with Crippen LogP contribution in [-0.2, 0) is 16.1 Å². The zero-order valence-corrected chi connectivity index (χ0v) is 20.3. The number of thiophene rings is 1. The minimum absolute atomic E-state index is 0.190. The minimum atomic E-state index is -0.232. The first-order valence-electron chi connectivity index (χ1n) is 11.8. The van der Waals surface area contributed by atoms with Crippen molar-refractivity contribution in [3.63, 3.8) is 0 Å². The predicted octanol–water partition coefficient (Wildman–Crippen LogP) is 4.17. The highest BCUT2D eigenvalue weighted by molar-refractivity contribution is 7.13. The van der Waals surface area contributed by atoms with Crippen LogP contribution in [0.2, 0.25) is 0 Å². The fourth-order valence-corrected chi connectivity index (χ4v) is 5.08. The molecule has 5 heterocycles. The van der Waals surface area contributed by atoms with Crippen LogP contribution in [0.25, 0.3) is 16.2 Å². The topological polar surface area (TPSA) is 88.8 Å². The van der Waals surface area contributed by atoms with E-state index in [1.54, 1.807) is 11.3 Å². The fraction of sp³-hybridized carbons (Fsp3) is 0.308. The molecule has 1 fully saturated rings. The maximum Gasteiger partial charge on any atom is 0.310 e. The van der Waals surface area contributed by atoms with Gasteiger partial charge in [-0.2, -0.15) is 0 Å². The molecular formula is C26H27N5O3S. The number of imidazole rings is 1. The van der Waals surface area contributed by atoms with Crippen molar-refractivity contribution in [3.8, 4) is 10.6 Å². The molecule has 0 bridgehead atoms. The second-order valence-electron chi connectivity index (χ2n) is 8.46. The molecule has 0 saturated carbocycles. The van der Waals surface area contributed by atoms with Gasteiger partial charge in [0.2, 0.25) is 0 Å². The molecule has 9 heteroatoms. The third-order valence-corrected chi connectivity index (χ3v) is 6.97. The minimum Gasteiger partial charge on any atom is -0.466 e. The Balaban J connectivity index is 1.40. The quantitative estimate of drug-likeness (QED) is 0.392. The highest BCUT2D eigenvalue weighted by atomic mass is 32.1. The monoisotopic (exact) mass is 489 g/mol. The van der Waals surface area contributed by atoms with Crippen molar-refractivity contribution < 1.29 is 14.3 Å². The predicted molar refractivity (Wildman–Crippen MR) is 135 cm³/mol. The largest absolute Gasteiger partial charge is 0.466 e. The van der Waals surface area contributed by atoms with Crippen molar-refractivity contribution in [1.82, 2.24) is 19.7 Å². The van der Waals surface area contributed by atoms with E-state index in [1.807, 2.05) is 76.5 Å². The Bertz CT molecular complexity index is 1300. The van der Waals surface area contributed by atoms with Crippen LogP contribution >= 0.6 is 11.3 Å². The first-order chi connectivity index (χ1) is 17.1. The first kappa shape index (κ1) is 23.0. The maximum atomic E-state index is 13.3. The normalized spacial score (nSPS) is 15.8. The molecule has 1 amide bonds. The molecule has 0 unspecified atom stereocenters. The number of piperidine rings is 1. The number of nitrogens with zero attached hydrogens (tertiary/aromatic N) is 4. The number of fused-ring (bicyclic) bond motifs is 1. The van der Waals surface area contributed by atoms with E-state index in [1.165, 1.54) is 0 Å². The lowest BCUT2D eigenvalue weighted by molar-refractivity contribution is -0.148. The van der Waals surface area contributed by atoms with Gasteiger partial charge in [0.15, 0.2) is 0 Å². The van der Waals surface area contributed by atoms with Gasteiger partial charge in [0.25, 0.3) is 5.91 Å². The molecule has 1 N–H and O–H groups in total. The van der Waals surface area contributed by atoms with E-state index in [0.29, 0.717) is 31.1 Å². The average Bonchev–Trinajstić information content (AvgIpc) is 3.57. The SMILES string of the molecule is CCOC(=O)[C@@H]1CCCN(c2nc(-c3cccs3)ccc2C(=O)NCc2cn3ccccc3n2)C1. The zero-order valence-electron chi connectivity index (χ0n) is 19.5.